The van der Waals surface area contributed by atoms with Crippen LogP contribution in [0.3, 0.4) is 0 Å². The first-order valence-electron chi connectivity index (χ1n) is 7.78. The molecule has 1 aliphatic rings. The predicted molar refractivity (Wildman–Crippen MR) is 80.3 cm³/mol. The molecule has 0 aromatic carbocycles. The number of likely N-dealkylation sites (tertiary alicyclic amines) is 1. The second kappa shape index (κ2) is 9.32. The van der Waals surface area contributed by atoms with Crippen LogP contribution >= 0.6 is 0 Å². The smallest absolute Gasteiger partial charge is 0.239 e. The van der Waals surface area contributed by atoms with Crippen molar-refractivity contribution < 1.29 is 4.79 Å². The van der Waals surface area contributed by atoms with Crippen molar-refractivity contribution in [2.45, 2.75) is 51.5 Å². The first-order valence-corrected chi connectivity index (χ1v) is 7.78. The fourth-order valence-electron chi connectivity index (χ4n) is 2.54. The maximum Gasteiger partial charge on any atom is 0.239 e. The van der Waals surface area contributed by atoms with E-state index in [1.165, 1.54) is 32.1 Å². The van der Waals surface area contributed by atoms with Crippen molar-refractivity contribution in [3.63, 3.8) is 0 Å². The summed E-state index contributed by atoms with van der Waals surface area (Å²) in [7, 11) is 4.16. The molecule has 1 aliphatic heterocycles. The Labute approximate surface area is 118 Å². The van der Waals surface area contributed by atoms with Gasteiger partial charge in [-0.15, -0.1) is 0 Å². The highest BCUT2D eigenvalue weighted by molar-refractivity contribution is 5.81. The Morgan fingerprint density at radius 1 is 1.16 bits per heavy atom. The van der Waals surface area contributed by atoms with Gasteiger partial charge in [-0.2, -0.15) is 0 Å². The lowest BCUT2D eigenvalue weighted by Crippen LogP contribution is -2.46. The summed E-state index contributed by atoms with van der Waals surface area (Å²) in [5.74, 6) is 0.284. The van der Waals surface area contributed by atoms with Gasteiger partial charge >= 0.3 is 0 Å². The second-order valence-corrected chi connectivity index (χ2v) is 5.93. The third kappa shape index (κ3) is 6.92. The predicted octanol–water partition coefficient (Wildman–Crippen LogP) is 1.71. The van der Waals surface area contributed by atoms with Crippen LogP contribution in [0.25, 0.3) is 0 Å². The van der Waals surface area contributed by atoms with Crippen LogP contribution in [0.4, 0.5) is 0 Å². The minimum atomic E-state index is -0.0402. The molecule has 4 nitrogen and oxygen atoms in total. The third-order valence-corrected chi connectivity index (χ3v) is 3.77. The Balaban J connectivity index is 2.25. The largest absolute Gasteiger partial charge is 0.341 e. The van der Waals surface area contributed by atoms with E-state index in [1.807, 2.05) is 6.92 Å². The fourth-order valence-corrected chi connectivity index (χ4v) is 2.54. The molecule has 0 aromatic rings. The van der Waals surface area contributed by atoms with E-state index in [9.17, 15) is 4.79 Å². The highest BCUT2D eigenvalue weighted by Gasteiger charge is 2.20. The van der Waals surface area contributed by atoms with E-state index in [4.69, 9.17) is 0 Å². The highest BCUT2D eigenvalue weighted by atomic mass is 16.2. The SMILES string of the molecule is C[C@H](NCCCN(C)C)C(=O)N1CCCCCCC1. The minimum absolute atomic E-state index is 0.0402. The second-order valence-electron chi connectivity index (χ2n) is 5.93. The molecule has 0 aromatic heterocycles. The lowest BCUT2D eigenvalue weighted by Gasteiger charge is -2.28. The van der Waals surface area contributed by atoms with Gasteiger partial charge in [-0.1, -0.05) is 19.3 Å². The summed E-state index contributed by atoms with van der Waals surface area (Å²) < 4.78 is 0. The van der Waals surface area contributed by atoms with E-state index >= 15 is 0 Å². The zero-order chi connectivity index (χ0) is 14.1. The average molecular weight is 269 g/mol. The number of carbonyl (C=O) groups is 1. The van der Waals surface area contributed by atoms with Gasteiger partial charge in [0.25, 0.3) is 0 Å². The van der Waals surface area contributed by atoms with Gasteiger partial charge in [0.2, 0.25) is 5.91 Å². The van der Waals surface area contributed by atoms with E-state index in [2.05, 4.69) is 29.2 Å². The van der Waals surface area contributed by atoms with Gasteiger partial charge in [0.15, 0.2) is 0 Å². The standard InChI is InChI=1S/C15H31N3O/c1-14(16-10-9-11-17(2)3)15(19)18-12-7-5-4-6-8-13-18/h14,16H,4-13H2,1-3H3/t14-/m0/s1. The molecule has 1 heterocycles. The fraction of sp³-hybridized carbons (Fsp3) is 0.933. The number of carbonyl (C=O) groups excluding carboxylic acids is 1. The zero-order valence-corrected chi connectivity index (χ0v) is 13.0. The molecular formula is C15H31N3O. The van der Waals surface area contributed by atoms with Crippen molar-refractivity contribution >= 4 is 5.91 Å². The Bertz CT molecular complexity index is 248. The molecule has 1 fully saturated rings. The molecule has 1 N–H and O–H groups in total. The van der Waals surface area contributed by atoms with E-state index in [0.717, 1.165) is 32.6 Å². The van der Waals surface area contributed by atoms with E-state index < -0.39 is 0 Å². The highest BCUT2D eigenvalue weighted by Crippen LogP contribution is 2.11. The lowest BCUT2D eigenvalue weighted by atomic mass is 10.1. The van der Waals surface area contributed by atoms with Gasteiger partial charge < -0.3 is 15.1 Å². The molecule has 0 saturated carbocycles. The molecule has 1 saturated heterocycles. The topological polar surface area (TPSA) is 35.6 Å². The van der Waals surface area contributed by atoms with Gasteiger partial charge in [-0.25, -0.2) is 0 Å². The van der Waals surface area contributed by atoms with Gasteiger partial charge in [0.1, 0.15) is 0 Å². The molecule has 0 aliphatic carbocycles. The van der Waals surface area contributed by atoms with Crippen molar-refractivity contribution in [3.05, 3.63) is 0 Å². The van der Waals surface area contributed by atoms with Gasteiger partial charge in [0.05, 0.1) is 6.04 Å². The molecule has 1 atom stereocenters. The molecule has 0 spiro atoms. The van der Waals surface area contributed by atoms with Gasteiger partial charge in [-0.3, -0.25) is 4.79 Å². The van der Waals surface area contributed by atoms with Crippen molar-refractivity contribution in [1.29, 1.82) is 0 Å². The summed E-state index contributed by atoms with van der Waals surface area (Å²) in [5, 5.41) is 3.35. The number of amides is 1. The summed E-state index contributed by atoms with van der Waals surface area (Å²) in [6.45, 7) is 5.87. The van der Waals surface area contributed by atoms with Crippen molar-refractivity contribution in [1.82, 2.24) is 15.1 Å². The summed E-state index contributed by atoms with van der Waals surface area (Å²) in [6.07, 6.45) is 7.30. The molecule has 1 rings (SSSR count). The molecule has 4 heteroatoms. The van der Waals surface area contributed by atoms with Crippen molar-refractivity contribution in [2.24, 2.45) is 0 Å². The first kappa shape index (κ1) is 16.4. The molecule has 0 unspecified atom stereocenters. The molecule has 19 heavy (non-hydrogen) atoms. The average Bonchev–Trinajstić information content (AvgIpc) is 2.33. The summed E-state index contributed by atoms with van der Waals surface area (Å²) in [6, 6.07) is -0.0402. The molecule has 0 radical (unpaired) electrons. The molecule has 112 valence electrons. The van der Waals surface area contributed by atoms with Crippen LogP contribution in [0.1, 0.15) is 45.4 Å². The first-order chi connectivity index (χ1) is 9.11. The Morgan fingerprint density at radius 3 is 2.32 bits per heavy atom. The Morgan fingerprint density at radius 2 is 1.74 bits per heavy atom. The number of rotatable bonds is 6. The quantitative estimate of drug-likeness (QED) is 0.746. The van der Waals surface area contributed by atoms with E-state index in [1.54, 1.807) is 0 Å². The number of hydrogen-bond acceptors (Lipinski definition) is 3. The minimum Gasteiger partial charge on any atom is -0.341 e. The van der Waals surface area contributed by atoms with Crippen LogP contribution in [0.5, 0.6) is 0 Å². The van der Waals surface area contributed by atoms with Gasteiger partial charge in [-0.05, 0) is 53.4 Å². The van der Waals surface area contributed by atoms with E-state index in [-0.39, 0.29) is 11.9 Å². The van der Waals surface area contributed by atoms with Crippen LogP contribution in [-0.4, -0.2) is 62.0 Å². The lowest BCUT2D eigenvalue weighted by molar-refractivity contribution is -0.133. The normalized spacial score (nSPS) is 19.1. The van der Waals surface area contributed by atoms with Gasteiger partial charge in [0, 0.05) is 13.1 Å². The molecule has 0 bridgehead atoms. The van der Waals surface area contributed by atoms with Crippen LogP contribution in [-0.2, 0) is 4.79 Å². The van der Waals surface area contributed by atoms with Crippen LogP contribution < -0.4 is 5.32 Å². The van der Waals surface area contributed by atoms with Crippen molar-refractivity contribution in [2.75, 3.05) is 40.3 Å². The summed E-state index contributed by atoms with van der Waals surface area (Å²) in [5.41, 5.74) is 0. The summed E-state index contributed by atoms with van der Waals surface area (Å²) >= 11 is 0. The van der Waals surface area contributed by atoms with Crippen molar-refractivity contribution in [3.8, 4) is 0 Å². The number of hydrogen-bond donors (Lipinski definition) is 1. The van der Waals surface area contributed by atoms with Crippen LogP contribution in [0, 0.1) is 0 Å². The van der Waals surface area contributed by atoms with Crippen LogP contribution in [0.15, 0.2) is 0 Å². The van der Waals surface area contributed by atoms with Crippen LogP contribution in [0.2, 0.25) is 0 Å². The molecule has 1 amide bonds. The maximum atomic E-state index is 12.3. The monoisotopic (exact) mass is 269 g/mol. The number of nitrogens with zero attached hydrogens (tertiary/aromatic N) is 2. The maximum absolute atomic E-state index is 12.3. The third-order valence-electron chi connectivity index (χ3n) is 3.77. The Hall–Kier alpha value is -0.610. The Kier molecular flexibility index (Phi) is 8.07. The molecular weight excluding hydrogens is 238 g/mol. The van der Waals surface area contributed by atoms with E-state index in [0.29, 0.717) is 0 Å². The summed E-state index contributed by atoms with van der Waals surface area (Å²) in [4.78, 5) is 16.6. The zero-order valence-electron chi connectivity index (χ0n) is 13.0. The number of nitrogens with one attached hydrogen (secondary N) is 1.